The minimum atomic E-state index is -0.780. The van der Waals surface area contributed by atoms with Crippen LogP contribution >= 0.6 is 0 Å². The van der Waals surface area contributed by atoms with Gasteiger partial charge in [-0.25, -0.2) is 0 Å². The van der Waals surface area contributed by atoms with Crippen LogP contribution in [0.5, 0.6) is 0 Å². The Morgan fingerprint density at radius 3 is 1.10 bits per heavy atom. The van der Waals surface area contributed by atoms with E-state index in [1.54, 1.807) is 0 Å². The highest BCUT2D eigenvalue weighted by Gasteiger charge is 2.19. The lowest BCUT2D eigenvalue weighted by Crippen LogP contribution is -2.30. The molecule has 6 nitrogen and oxygen atoms in total. The maximum atomic E-state index is 12.6. The smallest absolute Gasteiger partial charge is 0.306 e. The van der Waals surface area contributed by atoms with Crippen molar-refractivity contribution in [2.45, 2.75) is 232 Å². The molecule has 0 N–H and O–H groups in total. The third kappa shape index (κ3) is 38.9. The zero-order valence-electron chi connectivity index (χ0n) is 33.9. The first kappa shape index (κ1) is 48.9. The molecule has 0 fully saturated rings. The fourth-order valence-corrected chi connectivity index (χ4v) is 6.09. The minimum Gasteiger partial charge on any atom is -0.462 e. The molecule has 0 spiro atoms. The Morgan fingerprint density at radius 1 is 0.373 bits per heavy atom. The molecule has 0 saturated heterocycles. The highest BCUT2D eigenvalue weighted by molar-refractivity contribution is 5.71. The molecular weight excluding hydrogens is 636 g/mol. The second-order valence-corrected chi connectivity index (χ2v) is 14.6. The fourth-order valence-electron chi connectivity index (χ4n) is 6.09. The molecule has 1 unspecified atom stereocenters. The van der Waals surface area contributed by atoms with E-state index >= 15 is 0 Å². The lowest BCUT2D eigenvalue weighted by molar-refractivity contribution is -0.167. The lowest BCUT2D eigenvalue weighted by Gasteiger charge is -2.18. The van der Waals surface area contributed by atoms with E-state index in [-0.39, 0.29) is 31.1 Å². The highest BCUT2D eigenvalue weighted by Crippen LogP contribution is 2.13. The van der Waals surface area contributed by atoms with Gasteiger partial charge in [-0.3, -0.25) is 14.4 Å². The normalized spacial score (nSPS) is 12.1. The molecule has 0 aromatic carbocycles. The van der Waals surface area contributed by atoms with Crippen molar-refractivity contribution in [1.29, 1.82) is 0 Å². The Morgan fingerprint density at radius 2 is 0.667 bits per heavy atom. The summed E-state index contributed by atoms with van der Waals surface area (Å²) in [7, 11) is 0. The summed E-state index contributed by atoms with van der Waals surface area (Å²) in [6.45, 7) is 6.54. The second-order valence-electron chi connectivity index (χ2n) is 14.6. The van der Waals surface area contributed by atoms with E-state index in [0.717, 1.165) is 70.6 Å². The molecule has 298 valence electrons. The van der Waals surface area contributed by atoms with Crippen LogP contribution < -0.4 is 0 Å². The van der Waals surface area contributed by atoms with Gasteiger partial charge in [0, 0.05) is 19.3 Å². The van der Waals surface area contributed by atoms with Gasteiger partial charge < -0.3 is 14.2 Å². The van der Waals surface area contributed by atoms with Gasteiger partial charge in [-0.05, 0) is 64.2 Å². The van der Waals surface area contributed by atoms with Crippen LogP contribution in [-0.4, -0.2) is 37.2 Å². The fraction of sp³-hybridized carbons (Fsp3) is 0.844. The zero-order valence-corrected chi connectivity index (χ0v) is 33.9. The summed E-state index contributed by atoms with van der Waals surface area (Å²) in [5.41, 5.74) is 0. The van der Waals surface area contributed by atoms with Gasteiger partial charge in [0.25, 0.3) is 0 Å². The van der Waals surface area contributed by atoms with Crippen LogP contribution in [0, 0.1) is 0 Å². The van der Waals surface area contributed by atoms with Crippen molar-refractivity contribution in [3.63, 3.8) is 0 Å². The zero-order chi connectivity index (χ0) is 37.3. The van der Waals surface area contributed by atoms with Gasteiger partial charge in [-0.2, -0.15) is 0 Å². The Labute approximate surface area is 315 Å². The number of unbranched alkanes of at least 4 members (excludes halogenated alkanes) is 24. The van der Waals surface area contributed by atoms with Crippen LogP contribution in [0.4, 0.5) is 0 Å². The van der Waals surface area contributed by atoms with Gasteiger partial charge in [0.1, 0.15) is 13.2 Å². The van der Waals surface area contributed by atoms with Crippen molar-refractivity contribution in [2.75, 3.05) is 13.2 Å². The average molecular weight is 719 g/mol. The van der Waals surface area contributed by atoms with Gasteiger partial charge in [-0.15, -0.1) is 0 Å². The first-order valence-electron chi connectivity index (χ1n) is 21.8. The number of rotatable bonds is 39. The molecule has 0 aromatic rings. The van der Waals surface area contributed by atoms with Gasteiger partial charge >= 0.3 is 17.9 Å². The van der Waals surface area contributed by atoms with Gasteiger partial charge in [-0.1, -0.05) is 167 Å². The molecule has 0 aliphatic rings. The molecule has 0 saturated carbocycles. The van der Waals surface area contributed by atoms with Crippen LogP contribution in [0.3, 0.4) is 0 Å². The number of carbonyl (C=O) groups excluding carboxylic acids is 3. The van der Waals surface area contributed by atoms with E-state index in [4.69, 9.17) is 14.2 Å². The highest BCUT2D eigenvalue weighted by atomic mass is 16.6. The standard InChI is InChI=1S/C45H82O6/c1-4-7-10-13-16-19-21-22-23-24-27-29-32-35-38-44(47)50-41-42(40-49-43(46)37-34-31-28-25-18-15-12-9-6-3)51-45(48)39-36-33-30-26-20-17-14-11-8-5-2/h23-25,28,42H,4-22,26-27,29-41H2,1-3H3/b24-23-,28-25-. The molecule has 0 aliphatic carbocycles. The summed E-state index contributed by atoms with van der Waals surface area (Å²) in [5, 5.41) is 0. The molecule has 0 aliphatic heterocycles. The first-order valence-corrected chi connectivity index (χ1v) is 21.8. The van der Waals surface area contributed by atoms with Crippen molar-refractivity contribution in [2.24, 2.45) is 0 Å². The molecule has 0 radical (unpaired) electrons. The summed E-state index contributed by atoms with van der Waals surface area (Å²) in [5.74, 6) is -0.936. The Kier molecular flexibility index (Phi) is 39.0. The molecule has 6 heteroatoms. The van der Waals surface area contributed by atoms with E-state index in [2.05, 4.69) is 45.1 Å². The van der Waals surface area contributed by atoms with Crippen molar-refractivity contribution in [3.05, 3.63) is 24.3 Å². The van der Waals surface area contributed by atoms with E-state index < -0.39 is 6.10 Å². The maximum Gasteiger partial charge on any atom is 0.306 e. The van der Waals surface area contributed by atoms with Gasteiger partial charge in [0.05, 0.1) is 0 Å². The van der Waals surface area contributed by atoms with Gasteiger partial charge in [0.2, 0.25) is 0 Å². The van der Waals surface area contributed by atoms with Crippen LogP contribution in [0.2, 0.25) is 0 Å². The quantitative estimate of drug-likeness (QED) is 0.0272. The van der Waals surface area contributed by atoms with Crippen molar-refractivity contribution in [1.82, 2.24) is 0 Å². The van der Waals surface area contributed by atoms with Crippen molar-refractivity contribution >= 4 is 17.9 Å². The molecule has 0 aromatic heterocycles. The van der Waals surface area contributed by atoms with Gasteiger partial charge in [0.15, 0.2) is 6.10 Å². The summed E-state index contributed by atoms with van der Waals surface area (Å²) >= 11 is 0. The summed E-state index contributed by atoms with van der Waals surface area (Å²) < 4.78 is 16.6. The predicted molar refractivity (Wildman–Crippen MR) is 215 cm³/mol. The topological polar surface area (TPSA) is 78.9 Å². The number of esters is 3. The Bertz CT molecular complexity index is 835. The minimum absolute atomic E-state index is 0.0853. The maximum absolute atomic E-state index is 12.6. The number of hydrogen-bond donors (Lipinski definition) is 0. The number of hydrogen-bond acceptors (Lipinski definition) is 6. The second kappa shape index (κ2) is 40.7. The van der Waals surface area contributed by atoms with Crippen LogP contribution in [0.1, 0.15) is 226 Å². The number of allylic oxidation sites excluding steroid dienone is 4. The predicted octanol–water partition coefficient (Wildman–Crippen LogP) is 13.6. The summed E-state index contributed by atoms with van der Waals surface area (Å²) in [4.78, 5) is 37.5. The SMILES string of the molecule is CCCCCC/C=C\CCCC(=O)OCC(COC(=O)CCCCC/C=C\CCCCCCCCC)OC(=O)CCCCCCCCCCCC. The average Bonchev–Trinajstić information content (AvgIpc) is 3.12. The molecule has 1 atom stereocenters. The largest absolute Gasteiger partial charge is 0.462 e. The van der Waals surface area contributed by atoms with Crippen LogP contribution in [-0.2, 0) is 28.6 Å². The first-order chi connectivity index (χ1) is 25.0. The summed E-state index contributed by atoms with van der Waals surface area (Å²) in [6.07, 6.45) is 43.1. The molecule has 0 rings (SSSR count). The molecule has 0 bridgehead atoms. The lowest BCUT2D eigenvalue weighted by atomic mass is 10.1. The monoisotopic (exact) mass is 719 g/mol. The molecular formula is C45H82O6. The van der Waals surface area contributed by atoms with Crippen molar-refractivity contribution in [3.8, 4) is 0 Å². The van der Waals surface area contributed by atoms with Crippen LogP contribution in [0.15, 0.2) is 24.3 Å². The van der Waals surface area contributed by atoms with Crippen molar-refractivity contribution < 1.29 is 28.6 Å². The number of ether oxygens (including phenoxy) is 3. The number of carbonyl (C=O) groups is 3. The van der Waals surface area contributed by atoms with E-state index in [1.165, 1.54) is 116 Å². The molecule has 0 amide bonds. The Balaban J connectivity index is 4.37. The third-order valence-corrected chi connectivity index (χ3v) is 9.43. The van der Waals surface area contributed by atoms with E-state index in [1.807, 2.05) is 0 Å². The molecule has 0 heterocycles. The Hall–Kier alpha value is -2.11. The van der Waals surface area contributed by atoms with E-state index in [9.17, 15) is 14.4 Å². The van der Waals surface area contributed by atoms with E-state index in [0.29, 0.717) is 19.3 Å². The third-order valence-electron chi connectivity index (χ3n) is 9.43. The summed E-state index contributed by atoms with van der Waals surface area (Å²) in [6, 6.07) is 0. The van der Waals surface area contributed by atoms with Crippen LogP contribution in [0.25, 0.3) is 0 Å². The molecule has 51 heavy (non-hydrogen) atoms.